The van der Waals surface area contributed by atoms with E-state index in [-0.39, 0.29) is 11.3 Å². The quantitative estimate of drug-likeness (QED) is 0.118. The standard InChI is InChI=1S/C27H20F9NO7S/c1-37-16-12-8-7-11-15(16)19(23(38)43-24(25(28,29)30,26(31,32)33)14-9-5-4-6-10-14)20-17(37)13-18(41-2)21(42-3)22(20)44-45(39,40)27(34,35)36/h4-13,19H,1-3H3. The fourth-order valence-electron chi connectivity index (χ4n) is 4.87. The number of hydrogen-bond acceptors (Lipinski definition) is 8. The van der Waals surface area contributed by atoms with Gasteiger partial charge in [-0.1, -0.05) is 48.5 Å². The summed E-state index contributed by atoms with van der Waals surface area (Å²) in [7, 11) is -3.48. The van der Waals surface area contributed by atoms with Gasteiger partial charge < -0.3 is 23.3 Å². The SMILES string of the molecule is COc1cc2c(c(OS(=O)(=O)C(F)(F)F)c1OC)C(C(=O)OC(c1ccccc1)(C(F)(F)F)C(F)(F)F)c1ccccc1N2C. The number of ether oxygens (including phenoxy) is 3. The van der Waals surface area contributed by atoms with Crippen LogP contribution in [0.2, 0.25) is 0 Å². The number of alkyl halides is 9. The lowest BCUT2D eigenvalue weighted by atomic mass is 9.83. The highest BCUT2D eigenvalue weighted by Gasteiger charge is 2.75. The summed E-state index contributed by atoms with van der Waals surface area (Å²) in [6.07, 6.45) is -12.7. The molecule has 0 fully saturated rings. The zero-order valence-electron chi connectivity index (χ0n) is 23.0. The van der Waals surface area contributed by atoms with Gasteiger partial charge in [0.2, 0.25) is 5.75 Å². The largest absolute Gasteiger partial charge is 0.534 e. The van der Waals surface area contributed by atoms with Gasteiger partial charge >= 0.3 is 39.5 Å². The summed E-state index contributed by atoms with van der Waals surface area (Å²) in [5.74, 6) is -7.44. The predicted octanol–water partition coefficient (Wildman–Crippen LogP) is 6.71. The minimum Gasteiger partial charge on any atom is -0.493 e. The Balaban J connectivity index is 2.09. The van der Waals surface area contributed by atoms with Crippen molar-refractivity contribution in [3.63, 3.8) is 0 Å². The van der Waals surface area contributed by atoms with Crippen molar-refractivity contribution in [3.05, 3.63) is 77.4 Å². The third-order valence-electron chi connectivity index (χ3n) is 6.85. The number of carbonyl (C=O) groups excluding carboxylic acids is 1. The van der Waals surface area contributed by atoms with Crippen molar-refractivity contribution in [2.45, 2.75) is 29.4 Å². The topological polar surface area (TPSA) is 91.4 Å². The number of hydrogen-bond donors (Lipinski definition) is 0. The highest BCUT2D eigenvalue weighted by Crippen LogP contribution is 2.58. The third-order valence-corrected chi connectivity index (χ3v) is 7.80. The van der Waals surface area contributed by atoms with Crippen LogP contribution in [0.3, 0.4) is 0 Å². The molecule has 1 heterocycles. The summed E-state index contributed by atoms with van der Waals surface area (Å²) in [4.78, 5) is 15.0. The van der Waals surface area contributed by atoms with Crippen molar-refractivity contribution < 1.29 is 71.1 Å². The van der Waals surface area contributed by atoms with Crippen molar-refractivity contribution in [2.75, 3.05) is 26.2 Å². The Bertz CT molecular complexity index is 1690. The van der Waals surface area contributed by atoms with E-state index in [2.05, 4.69) is 8.92 Å². The van der Waals surface area contributed by atoms with Crippen LogP contribution in [0.4, 0.5) is 50.9 Å². The molecule has 0 saturated heterocycles. The Labute approximate surface area is 249 Å². The molecule has 3 aromatic carbocycles. The number of carbonyl (C=O) groups is 1. The molecule has 0 saturated carbocycles. The van der Waals surface area contributed by atoms with Crippen molar-refractivity contribution in [1.82, 2.24) is 0 Å². The molecule has 1 unspecified atom stereocenters. The van der Waals surface area contributed by atoms with Gasteiger partial charge in [-0.2, -0.15) is 47.9 Å². The monoisotopic (exact) mass is 673 g/mol. The van der Waals surface area contributed by atoms with E-state index in [4.69, 9.17) is 9.47 Å². The highest BCUT2D eigenvalue weighted by molar-refractivity contribution is 7.88. The van der Waals surface area contributed by atoms with E-state index in [1.165, 1.54) is 30.1 Å². The molecule has 0 spiro atoms. The number of para-hydroxylation sites is 1. The lowest BCUT2D eigenvalue weighted by Crippen LogP contribution is -2.57. The Morgan fingerprint density at radius 2 is 1.33 bits per heavy atom. The summed E-state index contributed by atoms with van der Waals surface area (Å²) >= 11 is 0. The van der Waals surface area contributed by atoms with Crippen LogP contribution in [0.15, 0.2) is 60.7 Å². The van der Waals surface area contributed by atoms with E-state index in [9.17, 15) is 52.7 Å². The van der Waals surface area contributed by atoms with E-state index < -0.39 is 79.5 Å². The summed E-state index contributed by atoms with van der Waals surface area (Å²) in [6, 6.07) is 9.60. The predicted molar refractivity (Wildman–Crippen MR) is 138 cm³/mol. The first-order valence-electron chi connectivity index (χ1n) is 12.3. The highest BCUT2D eigenvalue weighted by atomic mass is 32.2. The lowest BCUT2D eigenvalue weighted by Gasteiger charge is -2.40. The molecule has 0 radical (unpaired) electrons. The first-order chi connectivity index (χ1) is 20.7. The second-order valence-corrected chi connectivity index (χ2v) is 10.9. The number of nitrogens with zero attached hydrogens (tertiary/aromatic N) is 1. The molecule has 45 heavy (non-hydrogen) atoms. The van der Waals surface area contributed by atoms with E-state index in [1.54, 1.807) is 0 Å². The average Bonchev–Trinajstić information content (AvgIpc) is 2.94. The number of anilines is 2. The fourth-order valence-corrected chi connectivity index (χ4v) is 5.35. The van der Waals surface area contributed by atoms with Crippen LogP contribution in [-0.2, 0) is 25.3 Å². The molecule has 18 heteroatoms. The first kappa shape index (κ1) is 33.5. The number of halogens is 9. The molecule has 0 aliphatic carbocycles. The maximum absolute atomic E-state index is 14.5. The van der Waals surface area contributed by atoms with Crippen LogP contribution in [0.1, 0.15) is 22.6 Å². The Hall–Kier alpha value is -4.35. The van der Waals surface area contributed by atoms with E-state index in [0.29, 0.717) is 12.1 Å². The van der Waals surface area contributed by atoms with E-state index in [1.807, 2.05) is 0 Å². The second kappa shape index (κ2) is 11.2. The second-order valence-electron chi connectivity index (χ2n) is 9.37. The summed E-state index contributed by atoms with van der Waals surface area (Å²) in [6.45, 7) is 0. The van der Waals surface area contributed by atoms with Crippen molar-refractivity contribution >= 4 is 27.5 Å². The minimum atomic E-state index is -6.58. The van der Waals surface area contributed by atoms with Gasteiger partial charge in [-0.05, 0) is 11.6 Å². The maximum atomic E-state index is 14.5. The zero-order chi connectivity index (χ0) is 33.8. The molecule has 0 amide bonds. The van der Waals surface area contributed by atoms with Gasteiger partial charge in [0.25, 0.3) is 0 Å². The van der Waals surface area contributed by atoms with Crippen molar-refractivity contribution in [1.29, 1.82) is 0 Å². The maximum Gasteiger partial charge on any atom is 0.534 e. The Morgan fingerprint density at radius 3 is 1.84 bits per heavy atom. The van der Waals surface area contributed by atoms with Gasteiger partial charge in [-0.3, -0.25) is 4.79 Å². The molecule has 244 valence electrons. The normalized spacial score (nSPS) is 15.6. The smallest absolute Gasteiger partial charge is 0.493 e. The van der Waals surface area contributed by atoms with Crippen LogP contribution >= 0.6 is 0 Å². The van der Waals surface area contributed by atoms with Gasteiger partial charge in [0.1, 0.15) is 5.92 Å². The Kier molecular flexibility index (Phi) is 8.36. The van der Waals surface area contributed by atoms with Gasteiger partial charge in [0.15, 0.2) is 11.5 Å². The first-order valence-corrected chi connectivity index (χ1v) is 13.7. The summed E-state index contributed by atoms with van der Waals surface area (Å²) in [5.41, 5.74) is -14.6. The van der Waals surface area contributed by atoms with Crippen LogP contribution in [-0.4, -0.2) is 53.5 Å². The Morgan fingerprint density at radius 1 is 0.778 bits per heavy atom. The average molecular weight is 674 g/mol. The molecular weight excluding hydrogens is 653 g/mol. The lowest BCUT2D eigenvalue weighted by molar-refractivity contribution is -0.378. The van der Waals surface area contributed by atoms with Gasteiger partial charge in [-0.15, -0.1) is 0 Å². The third kappa shape index (κ3) is 5.44. The molecule has 0 aromatic heterocycles. The number of rotatable bonds is 7. The van der Waals surface area contributed by atoms with Crippen molar-refractivity contribution in [2.24, 2.45) is 0 Å². The van der Waals surface area contributed by atoms with Crippen LogP contribution in [0, 0.1) is 0 Å². The summed E-state index contributed by atoms with van der Waals surface area (Å²) in [5, 5.41) is 0. The number of esters is 1. The minimum absolute atomic E-state index is 0.0203. The summed E-state index contributed by atoms with van der Waals surface area (Å²) < 4.78 is 171. The molecule has 3 aromatic rings. The molecule has 8 nitrogen and oxygen atoms in total. The van der Waals surface area contributed by atoms with E-state index >= 15 is 0 Å². The molecule has 1 aliphatic rings. The number of benzene rings is 3. The van der Waals surface area contributed by atoms with Gasteiger partial charge in [0, 0.05) is 29.9 Å². The molecule has 1 atom stereocenters. The molecule has 1 aliphatic heterocycles. The van der Waals surface area contributed by atoms with E-state index in [0.717, 1.165) is 44.6 Å². The zero-order valence-corrected chi connectivity index (χ0v) is 23.8. The van der Waals surface area contributed by atoms with Crippen molar-refractivity contribution in [3.8, 4) is 17.2 Å². The fraction of sp³-hybridized carbons (Fsp3) is 0.296. The van der Waals surface area contributed by atoms with Crippen LogP contribution in [0.5, 0.6) is 17.2 Å². The number of fused-ring (bicyclic) bond motifs is 2. The number of methoxy groups -OCH3 is 2. The van der Waals surface area contributed by atoms with Gasteiger partial charge in [0.05, 0.1) is 19.9 Å². The van der Waals surface area contributed by atoms with Gasteiger partial charge in [-0.25, -0.2) is 0 Å². The van der Waals surface area contributed by atoms with Crippen LogP contribution < -0.4 is 18.6 Å². The molecule has 0 bridgehead atoms. The molecular formula is C27H20F9NO7S. The van der Waals surface area contributed by atoms with Crippen LogP contribution in [0.25, 0.3) is 0 Å². The molecule has 4 rings (SSSR count). The molecule has 0 N–H and O–H groups in total.